The number of aromatic nitrogens is 1. The van der Waals surface area contributed by atoms with E-state index in [1.165, 1.54) is 12.3 Å². The molecular formula is C11H7ClN2O4S. The van der Waals surface area contributed by atoms with Crippen LogP contribution in [0.3, 0.4) is 0 Å². The fourth-order valence-electron chi connectivity index (χ4n) is 1.27. The molecular weight excluding hydrogens is 292 g/mol. The number of thiophene rings is 1. The summed E-state index contributed by atoms with van der Waals surface area (Å²) >= 11 is 6.84. The van der Waals surface area contributed by atoms with Crippen LogP contribution in [0.15, 0.2) is 30.5 Å². The molecule has 0 aliphatic rings. The highest BCUT2D eigenvalue weighted by atomic mass is 35.5. The Morgan fingerprint density at radius 3 is 2.79 bits per heavy atom. The monoisotopic (exact) mass is 298 g/mol. The molecule has 0 atom stereocenters. The Labute approximate surface area is 116 Å². The molecule has 8 heteroatoms. The molecule has 2 N–H and O–H groups in total. The van der Waals surface area contributed by atoms with Crippen LogP contribution in [-0.2, 0) is 0 Å². The lowest BCUT2D eigenvalue weighted by molar-refractivity contribution is 0.102. The van der Waals surface area contributed by atoms with Gasteiger partial charge in [0.1, 0.15) is 5.69 Å². The number of anilines is 1. The van der Waals surface area contributed by atoms with Crippen LogP contribution in [0.25, 0.3) is 0 Å². The molecule has 2 aromatic heterocycles. The summed E-state index contributed by atoms with van der Waals surface area (Å²) in [6.45, 7) is 0. The predicted molar refractivity (Wildman–Crippen MR) is 70.2 cm³/mol. The molecule has 0 aliphatic heterocycles. The van der Waals surface area contributed by atoms with Gasteiger partial charge < -0.3 is 15.2 Å². The summed E-state index contributed by atoms with van der Waals surface area (Å²) < 4.78 is 4.94. The molecule has 1 amide bonds. The topological polar surface area (TPSA) is 88.5 Å². The van der Waals surface area contributed by atoms with Gasteiger partial charge in [-0.05, 0) is 24.3 Å². The van der Waals surface area contributed by atoms with Crippen LogP contribution in [0.1, 0.15) is 9.67 Å². The van der Waals surface area contributed by atoms with Gasteiger partial charge in [0.2, 0.25) is 5.88 Å². The second-order valence-electron chi connectivity index (χ2n) is 3.28. The Hall–Kier alpha value is -2.12. The standard InChI is InChI=1S/C11H7ClN2O4S/c12-8-4-3-7(19-8)9(15)14-6-2-1-5-13-10(6)18-11(16)17/h1-5H,(H,14,15)(H,16,17). The van der Waals surface area contributed by atoms with Crippen molar-refractivity contribution in [3.8, 4) is 5.88 Å². The molecule has 2 aromatic rings. The Morgan fingerprint density at radius 1 is 1.37 bits per heavy atom. The van der Waals surface area contributed by atoms with E-state index in [0.29, 0.717) is 9.21 Å². The largest absolute Gasteiger partial charge is 0.512 e. The highest BCUT2D eigenvalue weighted by Crippen LogP contribution is 2.25. The Morgan fingerprint density at radius 2 is 2.16 bits per heavy atom. The van der Waals surface area contributed by atoms with Gasteiger partial charge in [-0.15, -0.1) is 11.3 Å². The molecule has 2 heterocycles. The van der Waals surface area contributed by atoms with E-state index in [1.54, 1.807) is 18.2 Å². The van der Waals surface area contributed by atoms with E-state index in [-0.39, 0.29) is 11.6 Å². The third-order valence-corrected chi connectivity index (χ3v) is 3.23. The molecule has 0 saturated heterocycles. The molecule has 0 fully saturated rings. The number of pyridine rings is 1. The minimum Gasteiger partial charge on any atom is -0.449 e. The van der Waals surface area contributed by atoms with E-state index in [2.05, 4.69) is 15.0 Å². The molecule has 0 aromatic carbocycles. The van der Waals surface area contributed by atoms with E-state index < -0.39 is 12.1 Å². The Balaban J connectivity index is 2.19. The molecule has 0 saturated carbocycles. The fourth-order valence-corrected chi connectivity index (χ4v) is 2.21. The van der Waals surface area contributed by atoms with E-state index >= 15 is 0 Å². The van der Waals surface area contributed by atoms with E-state index in [1.807, 2.05) is 0 Å². The first-order chi connectivity index (χ1) is 9.06. The van der Waals surface area contributed by atoms with Crippen molar-refractivity contribution >= 4 is 40.7 Å². The van der Waals surface area contributed by atoms with Gasteiger partial charge in [-0.25, -0.2) is 9.78 Å². The average Bonchev–Trinajstić information content (AvgIpc) is 2.78. The number of hydrogen-bond acceptors (Lipinski definition) is 5. The number of carbonyl (C=O) groups is 2. The summed E-state index contributed by atoms with van der Waals surface area (Å²) in [5.41, 5.74) is 0.166. The molecule has 98 valence electrons. The van der Waals surface area contributed by atoms with Crippen molar-refractivity contribution in [2.45, 2.75) is 0 Å². The van der Waals surface area contributed by atoms with Crippen molar-refractivity contribution in [3.05, 3.63) is 39.7 Å². The fraction of sp³-hybridized carbons (Fsp3) is 0. The summed E-state index contributed by atoms with van der Waals surface area (Å²) in [5, 5.41) is 11.1. The summed E-state index contributed by atoms with van der Waals surface area (Å²) in [6.07, 6.45) is -0.149. The third kappa shape index (κ3) is 3.43. The smallest absolute Gasteiger partial charge is 0.449 e. The molecule has 6 nitrogen and oxygen atoms in total. The van der Waals surface area contributed by atoms with Crippen LogP contribution in [0.4, 0.5) is 10.5 Å². The van der Waals surface area contributed by atoms with Crippen LogP contribution in [0, 0.1) is 0 Å². The zero-order valence-corrected chi connectivity index (χ0v) is 10.9. The van der Waals surface area contributed by atoms with Crippen LogP contribution in [0.2, 0.25) is 4.34 Å². The predicted octanol–water partition coefficient (Wildman–Crippen LogP) is 3.11. The third-order valence-electron chi connectivity index (χ3n) is 2.00. The Bertz CT molecular complexity index is 629. The van der Waals surface area contributed by atoms with Crippen LogP contribution in [-0.4, -0.2) is 22.2 Å². The first kappa shape index (κ1) is 13.3. The number of amides is 1. The molecule has 2 rings (SSSR count). The first-order valence-electron chi connectivity index (χ1n) is 4.99. The molecule has 0 spiro atoms. The van der Waals surface area contributed by atoms with Gasteiger partial charge in [0.25, 0.3) is 5.91 Å². The number of hydrogen-bond donors (Lipinski definition) is 2. The number of ether oxygens (including phenoxy) is 1. The van der Waals surface area contributed by atoms with Crippen LogP contribution >= 0.6 is 22.9 Å². The van der Waals surface area contributed by atoms with E-state index in [0.717, 1.165) is 11.3 Å². The molecule has 19 heavy (non-hydrogen) atoms. The lowest BCUT2D eigenvalue weighted by Crippen LogP contribution is -2.13. The highest BCUT2D eigenvalue weighted by molar-refractivity contribution is 7.18. The van der Waals surface area contributed by atoms with Crippen molar-refractivity contribution in [1.29, 1.82) is 0 Å². The number of nitrogens with one attached hydrogen (secondary N) is 1. The van der Waals surface area contributed by atoms with Gasteiger partial charge in [0.15, 0.2) is 0 Å². The maximum atomic E-state index is 11.9. The maximum absolute atomic E-state index is 11.9. The average molecular weight is 299 g/mol. The lowest BCUT2D eigenvalue weighted by Gasteiger charge is -2.07. The Kier molecular flexibility index (Phi) is 3.98. The maximum Gasteiger partial charge on any atom is 0.512 e. The van der Waals surface area contributed by atoms with Crippen molar-refractivity contribution in [3.63, 3.8) is 0 Å². The zero-order chi connectivity index (χ0) is 13.8. The highest BCUT2D eigenvalue weighted by Gasteiger charge is 2.14. The SMILES string of the molecule is O=C(O)Oc1ncccc1NC(=O)c1ccc(Cl)s1. The van der Waals surface area contributed by atoms with Gasteiger partial charge in [0.05, 0.1) is 9.21 Å². The number of nitrogens with zero attached hydrogens (tertiary/aromatic N) is 1. The van der Waals surface area contributed by atoms with E-state index in [4.69, 9.17) is 16.7 Å². The quantitative estimate of drug-likeness (QED) is 0.850. The number of halogens is 1. The summed E-state index contributed by atoms with van der Waals surface area (Å²) in [6, 6.07) is 6.19. The van der Waals surface area contributed by atoms with Crippen LogP contribution in [0.5, 0.6) is 5.88 Å². The minimum absolute atomic E-state index is 0.166. The summed E-state index contributed by atoms with van der Waals surface area (Å²) in [4.78, 5) is 26.5. The first-order valence-corrected chi connectivity index (χ1v) is 6.18. The van der Waals surface area contributed by atoms with Gasteiger partial charge in [-0.3, -0.25) is 4.79 Å². The number of carbonyl (C=O) groups excluding carboxylic acids is 1. The normalized spacial score (nSPS) is 9.95. The van der Waals surface area contributed by atoms with Gasteiger partial charge in [-0.2, -0.15) is 0 Å². The minimum atomic E-state index is -1.51. The van der Waals surface area contributed by atoms with Gasteiger partial charge in [-0.1, -0.05) is 11.6 Å². The molecule has 0 unspecified atom stereocenters. The molecule has 0 radical (unpaired) electrons. The van der Waals surface area contributed by atoms with Crippen LogP contribution < -0.4 is 10.1 Å². The summed E-state index contributed by atoms with van der Waals surface area (Å²) in [7, 11) is 0. The molecule has 0 bridgehead atoms. The molecule has 0 aliphatic carbocycles. The number of carboxylic acid groups (broad SMARTS) is 1. The second kappa shape index (κ2) is 5.68. The lowest BCUT2D eigenvalue weighted by atomic mass is 10.3. The number of rotatable bonds is 3. The van der Waals surface area contributed by atoms with Crippen molar-refractivity contribution < 1.29 is 19.4 Å². The zero-order valence-electron chi connectivity index (χ0n) is 9.29. The van der Waals surface area contributed by atoms with Crippen molar-refractivity contribution in [2.24, 2.45) is 0 Å². The second-order valence-corrected chi connectivity index (χ2v) is 5.00. The van der Waals surface area contributed by atoms with Crippen molar-refractivity contribution in [2.75, 3.05) is 5.32 Å². The van der Waals surface area contributed by atoms with E-state index in [9.17, 15) is 9.59 Å². The van der Waals surface area contributed by atoms with Gasteiger partial charge >= 0.3 is 6.16 Å². The van der Waals surface area contributed by atoms with Crippen molar-refractivity contribution in [1.82, 2.24) is 4.98 Å². The van der Waals surface area contributed by atoms with Gasteiger partial charge in [0, 0.05) is 6.20 Å². The summed E-state index contributed by atoms with van der Waals surface area (Å²) in [5.74, 6) is -0.605.